The van der Waals surface area contributed by atoms with Gasteiger partial charge in [-0.05, 0) is 49.3 Å². The van der Waals surface area contributed by atoms with Crippen molar-refractivity contribution in [3.05, 3.63) is 34.6 Å². The third-order valence-electron chi connectivity index (χ3n) is 4.38. The van der Waals surface area contributed by atoms with Gasteiger partial charge in [-0.3, -0.25) is 4.90 Å². The maximum atomic E-state index is 13.6. The molecule has 19 heavy (non-hydrogen) atoms. The Balaban J connectivity index is 1.67. The summed E-state index contributed by atoms with van der Waals surface area (Å²) in [7, 11) is 0. The van der Waals surface area contributed by atoms with Crippen LogP contribution in [0.2, 0.25) is 0 Å². The van der Waals surface area contributed by atoms with Crippen molar-refractivity contribution < 1.29 is 4.39 Å². The van der Waals surface area contributed by atoms with Gasteiger partial charge in [0.2, 0.25) is 0 Å². The van der Waals surface area contributed by atoms with Crippen LogP contribution in [-0.2, 0) is 6.54 Å². The SMILES string of the molecule is Cc1cc(CN2CCNC(C3CC3)C2)cc(C)c1F. The van der Waals surface area contributed by atoms with Crippen LogP contribution in [0.5, 0.6) is 0 Å². The minimum atomic E-state index is -0.0556. The maximum absolute atomic E-state index is 13.6. The van der Waals surface area contributed by atoms with Crippen LogP contribution in [0.25, 0.3) is 0 Å². The third-order valence-corrected chi connectivity index (χ3v) is 4.38. The third kappa shape index (κ3) is 2.98. The highest BCUT2D eigenvalue weighted by atomic mass is 19.1. The van der Waals surface area contributed by atoms with E-state index < -0.39 is 0 Å². The molecule has 2 fully saturated rings. The largest absolute Gasteiger partial charge is 0.311 e. The van der Waals surface area contributed by atoms with E-state index in [1.54, 1.807) is 0 Å². The molecule has 2 nitrogen and oxygen atoms in total. The number of aryl methyl sites for hydroxylation is 2. The van der Waals surface area contributed by atoms with Crippen molar-refractivity contribution in [1.82, 2.24) is 10.2 Å². The Hall–Kier alpha value is -0.930. The molecule has 3 heteroatoms. The average molecular weight is 262 g/mol. The van der Waals surface area contributed by atoms with Crippen LogP contribution in [0.15, 0.2) is 12.1 Å². The molecule has 1 N–H and O–H groups in total. The first-order valence-electron chi connectivity index (χ1n) is 7.35. The molecule has 1 aromatic rings. The summed E-state index contributed by atoms with van der Waals surface area (Å²) in [6.07, 6.45) is 2.78. The summed E-state index contributed by atoms with van der Waals surface area (Å²) in [5, 5.41) is 3.63. The molecule has 2 aliphatic rings. The zero-order chi connectivity index (χ0) is 13.4. The highest BCUT2D eigenvalue weighted by molar-refractivity contribution is 5.30. The molecule has 0 bridgehead atoms. The van der Waals surface area contributed by atoms with Crippen LogP contribution in [0.1, 0.15) is 29.5 Å². The molecule has 0 aromatic heterocycles. The maximum Gasteiger partial charge on any atom is 0.129 e. The first-order valence-corrected chi connectivity index (χ1v) is 7.35. The van der Waals surface area contributed by atoms with E-state index in [1.165, 1.54) is 18.4 Å². The number of piperazine rings is 1. The van der Waals surface area contributed by atoms with Crippen molar-refractivity contribution in [1.29, 1.82) is 0 Å². The van der Waals surface area contributed by atoms with Gasteiger partial charge in [0.05, 0.1) is 0 Å². The van der Waals surface area contributed by atoms with Crippen LogP contribution in [-0.4, -0.2) is 30.6 Å². The molecule has 3 rings (SSSR count). The highest BCUT2D eigenvalue weighted by Crippen LogP contribution is 2.33. The van der Waals surface area contributed by atoms with Gasteiger partial charge in [0.1, 0.15) is 5.82 Å². The normalized spacial score (nSPS) is 24.7. The quantitative estimate of drug-likeness (QED) is 0.901. The number of hydrogen-bond donors (Lipinski definition) is 1. The van der Waals surface area contributed by atoms with Crippen molar-refractivity contribution in [2.45, 2.75) is 39.3 Å². The number of halogens is 1. The van der Waals surface area contributed by atoms with Gasteiger partial charge in [-0.15, -0.1) is 0 Å². The Bertz CT molecular complexity index is 445. The molecule has 1 unspecified atom stereocenters. The predicted octanol–water partition coefficient (Wildman–Crippen LogP) is 2.63. The summed E-state index contributed by atoms with van der Waals surface area (Å²) >= 11 is 0. The molecule has 1 saturated carbocycles. The van der Waals surface area contributed by atoms with Crippen LogP contribution in [0.3, 0.4) is 0 Å². The Labute approximate surface area is 115 Å². The van der Waals surface area contributed by atoms with Crippen LogP contribution >= 0.6 is 0 Å². The fourth-order valence-electron chi connectivity index (χ4n) is 3.19. The van der Waals surface area contributed by atoms with E-state index in [4.69, 9.17) is 0 Å². The van der Waals surface area contributed by atoms with E-state index in [0.717, 1.165) is 43.2 Å². The minimum absolute atomic E-state index is 0.0556. The smallest absolute Gasteiger partial charge is 0.129 e. The first-order chi connectivity index (χ1) is 9.13. The van der Waals surface area contributed by atoms with Gasteiger partial charge in [0.25, 0.3) is 0 Å². The zero-order valence-corrected chi connectivity index (χ0v) is 11.9. The second-order valence-electron chi connectivity index (χ2n) is 6.18. The van der Waals surface area contributed by atoms with Crippen molar-refractivity contribution in [3.8, 4) is 0 Å². The van der Waals surface area contributed by atoms with Crippen molar-refractivity contribution in [2.75, 3.05) is 19.6 Å². The van der Waals surface area contributed by atoms with Crippen LogP contribution in [0.4, 0.5) is 4.39 Å². The number of benzene rings is 1. The summed E-state index contributed by atoms with van der Waals surface area (Å²) in [6, 6.07) is 4.67. The standard InChI is InChI=1S/C16H23FN2/c1-11-7-13(8-12(2)16(11)17)9-19-6-5-18-15(10-19)14-3-4-14/h7-8,14-15,18H,3-6,9-10H2,1-2H3. The number of hydrogen-bond acceptors (Lipinski definition) is 2. The molecule has 1 heterocycles. The van der Waals surface area contributed by atoms with Gasteiger partial charge in [-0.25, -0.2) is 4.39 Å². The van der Waals surface area contributed by atoms with E-state index in [0.29, 0.717) is 6.04 Å². The Morgan fingerprint density at radius 2 is 1.95 bits per heavy atom. The highest BCUT2D eigenvalue weighted by Gasteiger charge is 2.33. The summed E-state index contributed by atoms with van der Waals surface area (Å²) in [5.41, 5.74) is 2.78. The lowest BCUT2D eigenvalue weighted by atomic mass is 10.0. The average Bonchev–Trinajstić information content (AvgIpc) is 3.20. The van der Waals surface area contributed by atoms with Gasteiger partial charge in [0.15, 0.2) is 0 Å². The molecule has 1 atom stereocenters. The molecular weight excluding hydrogens is 239 g/mol. The Kier molecular flexibility index (Phi) is 3.59. The van der Waals surface area contributed by atoms with E-state index in [2.05, 4.69) is 10.2 Å². The number of nitrogens with one attached hydrogen (secondary N) is 1. The second kappa shape index (κ2) is 5.22. The second-order valence-corrected chi connectivity index (χ2v) is 6.18. The molecule has 1 aliphatic carbocycles. The Morgan fingerprint density at radius 1 is 1.26 bits per heavy atom. The monoisotopic (exact) mass is 262 g/mol. The summed E-state index contributed by atoms with van der Waals surface area (Å²) in [5.74, 6) is 0.847. The topological polar surface area (TPSA) is 15.3 Å². The van der Waals surface area contributed by atoms with Gasteiger partial charge in [-0.1, -0.05) is 12.1 Å². The molecule has 0 amide bonds. The Morgan fingerprint density at radius 3 is 2.58 bits per heavy atom. The molecule has 1 saturated heterocycles. The summed E-state index contributed by atoms with van der Waals surface area (Å²) in [6.45, 7) is 7.99. The summed E-state index contributed by atoms with van der Waals surface area (Å²) in [4.78, 5) is 2.51. The molecule has 1 aromatic carbocycles. The number of nitrogens with zero attached hydrogens (tertiary/aromatic N) is 1. The van der Waals surface area contributed by atoms with Crippen molar-refractivity contribution in [2.24, 2.45) is 5.92 Å². The fourth-order valence-corrected chi connectivity index (χ4v) is 3.19. The van der Waals surface area contributed by atoms with Gasteiger partial charge >= 0.3 is 0 Å². The van der Waals surface area contributed by atoms with Crippen molar-refractivity contribution >= 4 is 0 Å². The molecule has 1 aliphatic heterocycles. The van der Waals surface area contributed by atoms with E-state index in [9.17, 15) is 4.39 Å². The van der Waals surface area contributed by atoms with E-state index >= 15 is 0 Å². The van der Waals surface area contributed by atoms with Gasteiger partial charge in [-0.2, -0.15) is 0 Å². The summed E-state index contributed by atoms with van der Waals surface area (Å²) < 4.78 is 13.6. The fraction of sp³-hybridized carbons (Fsp3) is 0.625. The predicted molar refractivity (Wildman–Crippen MR) is 75.7 cm³/mol. The van der Waals surface area contributed by atoms with Crippen molar-refractivity contribution in [3.63, 3.8) is 0 Å². The van der Waals surface area contributed by atoms with Gasteiger partial charge < -0.3 is 5.32 Å². The lowest BCUT2D eigenvalue weighted by Gasteiger charge is -2.34. The molecule has 0 spiro atoms. The number of rotatable bonds is 3. The van der Waals surface area contributed by atoms with Crippen LogP contribution in [0, 0.1) is 25.6 Å². The van der Waals surface area contributed by atoms with Gasteiger partial charge in [0, 0.05) is 32.2 Å². The van der Waals surface area contributed by atoms with Crippen LogP contribution < -0.4 is 5.32 Å². The first kappa shape index (κ1) is 13.1. The zero-order valence-electron chi connectivity index (χ0n) is 11.9. The van der Waals surface area contributed by atoms with E-state index in [-0.39, 0.29) is 5.82 Å². The van der Waals surface area contributed by atoms with E-state index in [1.807, 2.05) is 26.0 Å². The minimum Gasteiger partial charge on any atom is -0.311 e. The lowest BCUT2D eigenvalue weighted by molar-refractivity contribution is 0.181. The molecular formula is C16H23FN2. The molecule has 0 radical (unpaired) electrons. The molecule has 104 valence electrons. The lowest BCUT2D eigenvalue weighted by Crippen LogP contribution is -2.51.